The highest BCUT2D eigenvalue weighted by atomic mass is 32.1. The van der Waals surface area contributed by atoms with Crippen molar-refractivity contribution in [3.8, 4) is 5.75 Å². The van der Waals surface area contributed by atoms with Gasteiger partial charge in [0.25, 0.3) is 0 Å². The molecule has 0 amide bonds. The molecule has 2 N–H and O–H groups in total. The van der Waals surface area contributed by atoms with Crippen LogP contribution in [0.3, 0.4) is 0 Å². The maximum absolute atomic E-state index is 13.1. The molecule has 0 aliphatic rings. The molecule has 82 valence electrons. The minimum absolute atomic E-state index is 0.126. The Balaban J connectivity index is 2.72. The van der Waals surface area contributed by atoms with Crippen molar-refractivity contribution in [3.63, 3.8) is 0 Å². The first kappa shape index (κ1) is 11.8. The van der Waals surface area contributed by atoms with Crippen LogP contribution in [0.15, 0.2) is 18.2 Å². The summed E-state index contributed by atoms with van der Waals surface area (Å²) in [5, 5.41) is 0. The van der Waals surface area contributed by atoms with E-state index in [2.05, 4.69) is 12.2 Å². The highest BCUT2D eigenvalue weighted by molar-refractivity contribution is 7.80. The summed E-state index contributed by atoms with van der Waals surface area (Å²) in [7, 11) is 0. The van der Waals surface area contributed by atoms with Crippen molar-refractivity contribution in [1.29, 1.82) is 0 Å². The fourth-order valence-corrected chi connectivity index (χ4v) is 1.35. The van der Waals surface area contributed by atoms with Gasteiger partial charge in [-0.05, 0) is 19.1 Å². The van der Waals surface area contributed by atoms with E-state index >= 15 is 0 Å². The lowest BCUT2D eigenvalue weighted by Crippen LogP contribution is -2.21. The van der Waals surface area contributed by atoms with E-state index in [1.165, 1.54) is 12.1 Å². The molecule has 2 nitrogen and oxygen atoms in total. The van der Waals surface area contributed by atoms with Gasteiger partial charge in [0.15, 0.2) is 11.6 Å². The van der Waals surface area contributed by atoms with Crippen molar-refractivity contribution in [1.82, 2.24) is 0 Å². The molecule has 0 aromatic heterocycles. The SMILES string of the molecule is CC(CC(N)=S)Oc1cccc(F)c1F. The first-order valence-electron chi connectivity index (χ1n) is 4.39. The molecule has 0 fully saturated rings. The smallest absolute Gasteiger partial charge is 0.200 e. The summed E-state index contributed by atoms with van der Waals surface area (Å²) in [4.78, 5) is 0.277. The Morgan fingerprint density at radius 3 is 2.80 bits per heavy atom. The van der Waals surface area contributed by atoms with Crippen LogP contribution in [-0.2, 0) is 0 Å². The standard InChI is InChI=1S/C10H11F2NOS/c1-6(5-9(13)15)14-8-4-2-3-7(11)10(8)12/h2-4,6H,5H2,1H3,(H2,13,15). The maximum Gasteiger partial charge on any atom is 0.200 e. The van der Waals surface area contributed by atoms with Gasteiger partial charge in [-0.15, -0.1) is 0 Å². The molecule has 0 saturated heterocycles. The van der Waals surface area contributed by atoms with Gasteiger partial charge in [0.05, 0.1) is 4.99 Å². The van der Waals surface area contributed by atoms with Gasteiger partial charge in [-0.2, -0.15) is 4.39 Å². The number of thiocarbonyl (C=S) groups is 1. The molecule has 0 aliphatic heterocycles. The zero-order valence-electron chi connectivity index (χ0n) is 8.17. The molecule has 1 aromatic rings. The van der Waals surface area contributed by atoms with E-state index in [0.717, 1.165) is 6.07 Å². The van der Waals surface area contributed by atoms with Crippen LogP contribution in [0.1, 0.15) is 13.3 Å². The van der Waals surface area contributed by atoms with Gasteiger partial charge in [-0.3, -0.25) is 0 Å². The molecule has 1 atom stereocenters. The number of halogens is 2. The van der Waals surface area contributed by atoms with E-state index in [1.54, 1.807) is 6.92 Å². The summed E-state index contributed by atoms with van der Waals surface area (Å²) in [5.41, 5.74) is 5.30. The number of hydrogen-bond donors (Lipinski definition) is 1. The summed E-state index contributed by atoms with van der Waals surface area (Å²) in [5.74, 6) is -2.05. The van der Waals surface area contributed by atoms with E-state index in [4.69, 9.17) is 10.5 Å². The van der Waals surface area contributed by atoms with Crippen LogP contribution >= 0.6 is 12.2 Å². The molecule has 15 heavy (non-hydrogen) atoms. The second-order valence-electron chi connectivity index (χ2n) is 3.15. The Bertz CT molecular complexity index is 370. The van der Waals surface area contributed by atoms with Crippen molar-refractivity contribution in [2.24, 2.45) is 5.73 Å². The van der Waals surface area contributed by atoms with Crippen molar-refractivity contribution in [2.45, 2.75) is 19.4 Å². The number of hydrogen-bond acceptors (Lipinski definition) is 2. The lowest BCUT2D eigenvalue weighted by molar-refractivity contribution is 0.217. The third-order valence-electron chi connectivity index (χ3n) is 1.73. The molecule has 0 radical (unpaired) electrons. The zero-order valence-corrected chi connectivity index (χ0v) is 8.98. The molecule has 0 aliphatic carbocycles. The van der Waals surface area contributed by atoms with E-state index in [-0.39, 0.29) is 16.8 Å². The molecule has 0 saturated carbocycles. The Kier molecular flexibility index (Phi) is 3.96. The fraction of sp³-hybridized carbons (Fsp3) is 0.300. The first-order valence-corrected chi connectivity index (χ1v) is 4.80. The van der Waals surface area contributed by atoms with Crippen LogP contribution in [0, 0.1) is 11.6 Å². The average Bonchev–Trinajstić information content (AvgIpc) is 2.11. The Hall–Kier alpha value is -1.23. The Morgan fingerprint density at radius 2 is 2.20 bits per heavy atom. The van der Waals surface area contributed by atoms with Crippen LogP contribution in [0.5, 0.6) is 5.75 Å². The minimum atomic E-state index is -0.993. The molecule has 1 unspecified atom stereocenters. The largest absolute Gasteiger partial charge is 0.487 e. The first-order chi connectivity index (χ1) is 7.00. The number of nitrogens with two attached hydrogens (primary N) is 1. The number of ether oxygens (including phenoxy) is 1. The Morgan fingerprint density at radius 1 is 1.53 bits per heavy atom. The summed E-state index contributed by atoms with van der Waals surface area (Å²) < 4.78 is 31.1. The van der Waals surface area contributed by atoms with Crippen LogP contribution in [0.2, 0.25) is 0 Å². The highest BCUT2D eigenvalue weighted by Crippen LogP contribution is 2.20. The van der Waals surface area contributed by atoms with Gasteiger partial charge in [0, 0.05) is 6.42 Å². The van der Waals surface area contributed by atoms with Crippen molar-refractivity contribution in [2.75, 3.05) is 0 Å². The molecule has 1 aromatic carbocycles. The van der Waals surface area contributed by atoms with E-state index in [9.17, 15) is 8.78 Å². The predicted octanol–water partition coefficient (Wildman–Crippen LogP) is 2.41. The van der Waals surface area contributed by atoms with Gasteiger partial charge in [-0.1, -0.05) is 18.3 Å². The maximum atomic E-state index is 13.1. The second kappa shape index (κ2) is 5.02. The summed E-state index contributed by atoms with van der Waals surface area (Å²) in [6.07, 6.45) is -0.0514. The van der Waals surface area contributed by atoms with Gasteiger partial charge < -0.3 is 10.5 Å². The van der Waals surface area contributed by atoms with E-state index in [0.29, 0.717) is 6.42 Å². The predicted molar refractivity (Wildman–Crippen MR) is 57.9 cm³/mol. The molecule has 0 spiro atoms. The van der Waals surface area contributed by atoms with Crippen molar-refractivity contribution < 1.29 is 13.5 Å². The van der Waals surface area contributed by atoms with Crippen LogP contribution < -0.4 is 10.5 Å². The summed E-state index contributed by atoms with van der Waals surface area (Å²) in [6, 6.07) is 3.76. The summed E-state index contributed by atoms with van der Waals surface area (Å²) >= 11 is 4.68. The third kappa shape index (κ3) is 3.43. The lowest BCUT2D eigenvalue weighted by Gasteiger charge is -2.14. The van der Waals surface area contributed by atoms with Crippen molar-refractivity contribution >= 4 is 17.2 Å². The topological polar surface area (TPSA) is 35.2 Å². The quantitative estimate of drug-likeness (QED) is 0.808. The number of benzene rings is 1. The van der Waals surface area contributed by atoms with E-state index < -0.39 is 11.6 Å². The lowest BCUT2D eigenvalue weighted by atomic mass is 10.2. The average molecular weight is 231 g/mol. The second-order valence-corrected chi connectivity index (χ2v) is 3.68. The molecule has 0 bridgehead atoms. The monoisotopic (exact) mass is 231 g/mol. The highest BCUT2D eigenvalue weighted by Gasteiger charge is 2.12. The molecular weight excluding hydrogens is 220 g/mol. The van der Waals surface area contributed by atoms with Crippen LogP contribution in [0.25, 0.3) is 0 Å². The molecular formula is C10H11F2NOS. The van der Waals surface area contributed by atoms with E-state index in [1.807, 2.05) is 0 Å². The fourth-order valence-electron chi connectivity index (χ4n) is 1.12. The summed E-state index contributed by atoms with van der Waals surface area (Å²) in [6.45, 7) is 1.68. The van der Waals surface area contributed by atoms with Gasteiger partial charge in [0.1, 0.15) is 6.10 Å². The minimum Gasteiger partial charge on any atom is -0.487 e. The van der Waals surface area contributed by atoms with Crippen LogP contribution in [-0.4, -0.2) is 11.1 Å². The molecule has 0 heterocycles. The molecule has 5 heteroatoms. The zero-order chi connectivity index (χ0) is 11.4. The van der Waals surface area contributed by atoms with Crippen LogP contribution in [0.4, 0.5) is 8.78 Å². The normalized spacial score (nSPS) is 12.2. The van der Waals surface area contributed by atoms with Gasteiger partial charge in [0.2, 0.25) is 5.82 Å². The van der Waals surface area contributed by atoms with Gasteiger partial charge >= 0.3 is 0 Å². The molecule has 1 rings (SSSR count). The van der Waals surface area contributed by atoms with Gasteiger partial charge in [-0.25, -0.2) is 4.39 Å². The number of rotatable bonds is 4. The third-order valence-corrected chi connectivity index (χ3v) is 1.90. The Labute approximate surface area is 92.0 Å². The van der Waals surface area contributed by atoms with Crippen molar-refractivity contribution in [3.05, 3.63) is 29.8 Å².